The summed E-state index contributed by atoms with van der Waals surface area (Å²) in [4.78, 5) is 48.3. The van der Waals surface area contributed by atoms with Crippen LogP contribution in [0.3, 0.4) is 0 Å². The average Bonchev–Trinajstić information content (AvgIpc) is 3.33. The van der Waals surface area contributed by atoms with Gasteiger partial charge in [-0.05, 0) is 6.92 Å². The molecule has 2 aromatic rings. The number of anilines is 1. The molecule has 19 heteroatoms. The van der Waals surface area contributed by atoms with Crippen LogP contribution < -0.4 is 22.1 Å². The van der Waals surface area contributed by atoms with Crippen LogP contribution in [-0.2, 0) is 42.6 Å². The van der Waals surface area contributed by atoms with Crippen molar-refractivity contribution in [3.05, 3.63) is 35.2 Å². The lowest BCUT2D eigenvalue weighted by molar-refractivity contribution is -0.145. The molecule has 39 heavy (non-hydrogen) atoms. The van der Waals surface area contributed by atoms with E-state index >= 15 is 0 Å². The number of Topliss-reactive ketones (excluding diaryl/α,β-unsaturated/α-hetero) is 1. The van der Waals surface area contributed by atoms with E-state index in [1.54, 1.807) is 0 Å². The van der Waals surface area contributed by atoms with Crippen molar-refractivity contribution in [1.82, 2.24) is 34.9 Å². The third-order valence-corrected chi connectivity index (χ3v) is 7.66. The van der Waals surface area contributed by atoms with Crippen molar-refractivity contribution in [2.24, 2.45) is 10.9 Å². The van der Waals surface area contributed by atoms with Crippen LogP contribution in [-0.4, -0.2) is 84.8 Å². The molecule has 17 nitrogen and oxygen atoms in total. The van der Waals surface area contributed by atoms with Crippen LogP contribution in [0.5, 0.6) is 0 Å². The van der Waals surface area contributed by atoms with Gasteiger partial charge in [0, 0.05) is 30.5 Å². The van der Waals surface area contributed by atoms with E-state index in [0.717, 1.165) is 16.1 Å². The SMILES string of the molecule is C=C(CN)NCc1cnn(CC2C(NC(=O)/C(=N\OC3(C(C)=O)CC3)c3csc(N)n3)C(=O)N2S(=O)(=O)O)n1. The van der Waals surface area contributed by atoms with Crippen molar-refractivity contribution in [2.45, 2.75) is 50.5 Å². The molecule has 2 aliphatic rings. The molecular formula is C20H26N10O7S2. The summed E-state index contributed by atoms with van der Waals surface area (Å²) in [5.74, 6) is -2.31. The van der Waals surface area contributed by atoms with Gasteiger partial charge >= 0.3 is 10.3 Å². The van der Waals surface area contributed by atoms with Crippen LogP contribution in [0.15, 0.2) is 29.0 Å². The number of carbonyl (C=O) groups is 3. The van der Waals surface area contributed by atoms with Crippen LogP contribution in [0.1, 0.15) is 31.2 Å². The van der Waals surface area contributed by atoms with E-state index in [1.807, 2.05) is 0 Å². The predicted octanol–water partition coefficient (Wildman–Crippen LogP) is -2.08. The molecule has 0 radical (unpaired) electrons. The second-order valence-corrected chi connectivity index (χ2v) is 11.0. The number of hydrogen-bond acceptors (Lipinski definition) is 14. The van der Waals surface area contributed by atoms with Gasteiger partial charge in [0.05, 0.1) is 19.3 Å². The molecule has 2 amide bonds. The highest BCUT2D eigenvalue weighted by atomic mass is 32.2. The summed E-state index contributed by atoms with van der Waals surface area (Å²) in [7, 11) is -4.97. The molecule has 2 fully saturated rings. The molecule has 0 spiro atoms. The Morgan fingerprint density at radius 1 is 1.41 bits per heavy atom. The number of carbonyl (C=O) groups excluding carboxylic acids is 3. The fourth-order valence-electron chi connectivity index (χ4n) is 3.66. The van der Waals surface area contributed by atoms with Gasteiger partial charge in [0.1, 0.15) is 23.5 Å². The number of β-lactam (4-membered cyclic amide) rings is 1. The minimum atomic E-state index is -4.97. The maximum Gasteiger partial charge on any atom is 0.362 e. The standard InChI is InChI=1S/C20H26N10O7S2/c1-10(5-21)23-6-12-7-24-29(27-12)8-14-16(18(33)30(14)39(34,35)36)26-17(32)15(13-9-38-19(22)25-13)28-37-20(3-4-20)11(2)31/h7,9,14,16,23H,1,3-6,8,21H2,2H3,(H2,22,25)(H,26,32)(H,34,35,36)/b28-15-. The zero-order valence-corrected chi connectivity index (χ0v) is 22.2. The molecule has 210 valence electrons. The first kappa shape index (κ1) is 28.1. The number of amides is 2. The molecule has 0 bridgehead atoms. The topological polar surface area (TPSA) is 250 Å². The van der Waals surface area contributed by atoms with Crippen molar-refractivity contribution in [1.29, 1.82) is 0 Å². The van der Waals surface area contributed by atoms with E-state index in [0.29, 0.717) is 24.2 Å². The number of nitrogen functional groups attached to an aromatic ring is 1. The maximum absolute atomic E-state index is 13.2. The number of nitrogens with zero attached hydrogens (tertiary/aromatic N) is 6. The van der Waals surface area contributed by atoms with Crippen molar-refractivity contribution < 1.29 is 32.2 Å². The lowest BCUT2D eigenvalue weighted by atomic mass is 9.98. The number of oxime groups is 1. The molecule has 1 aliphatic carbocycles. The molecule has 4 rings (SSSR count). The molecule has 3 heterocycles. The minimum Gasteiger partial charge on any atom is -0.382 e. The van der Waals surface area contributed by atoms with E-state index in [4.69, 9.17) is 16.3 Å². The molecule has 2 aromatic heterocycles. The Labute approximate surface area is 226 Å². The first-order valence-corrected chi connectivity index (χ1v) is 13.7. The average molecular weight is 583 g/mol. The second-order valence-electron chi connectivity index (χ2n) is 8.83. The Morgan fingerprint density at radius 2 is 2.13 bits per heavy atom. The summed E-state index contributed by atoms with van der Waals surface area (Å²) in [6.07, 6.45) is 2.24. The lowest BCUT2D eigenvalue weighted by Gasteiger charge is -2.43. The van der Waals surface area contributed by atoms with Gasteiger partial charge in [-0.1, -0.05) is 11.7 Å². The highest BCUT2D eigenvalue weighted by Crippen LogP contribution is 2.40. The van der Waals surface area contributed by atoms with Crippen molar-refractivity contribution in [2.75, 3.05) is 12.3 Å². The normalized spacial score (nSPS) is 20.2. The molecule has 1 aliphatic heterocycles. The first-order valence-electron chi connectivity index (χ1n) is 11.5. The minimum absolute atomic E-state index is 0.0225. The zero-order chi connectivity index (χ0) is 28.5. The summed E-state index contributed by atoms with van der Waals surface area (Å²) < 4.78 is 33.6. The summed E-state index contributed by atoms with van der Waals surface area (Å²) >= 11 is 1.02. The van der Waals surface area contributed by atoms with Crippen LogP contribution in [0.25, 0.3) is 0 Å². The number of nitrogens with one attached hydrogen (secondary N) is 2. The van der Waals surface area contributed by atoms with Crippen LogP contribution in [0.4, 0.5) is 5.13 Å². The van der Waals surface area contributed by atoms with E-state index in [9.17, 15) is 27.4 Å². The quantitative estimate of drug-likeness (QED) is 0.0737. The molecule has 2 atom stereocenters. The molecule has 2 unspecified atom stereocenters. The summed E-state index contributed by atoms with van der Waals surface area (Å²) in [6.45, 7) is 5.20. The van der Waals surface area contributed by atoms with Gasteiger partial charge in [-0.15, -0.1) is 11.3 Å². The van der Waals surface area contributed by atoms with Gasteiger partial charge in [0.2, 0.25) is 0 Å². The highest BCUT2D eigenvalue weighted by Gasteiger charge is 2.55. The number of nitrogens with two attached hydrogens (primary N) is 2. The van der Waals surface area contributed by atoms with Gasteiger partial charge in [0.25, 0.3) is 11.8 Å². The maximum atomic E-state index is 13.2. The van der Waals surface area contributed by atoms with Gasteiger partial charge in [-0.2, -0.15) is 23.4 Å². The Hall–Kier alpha value is -3.94. The monoisotopic (exact) mass is 582 g/mol. The fraction of sp³-hybridized carbons (Fsp3) is 0.450. The number of hydrogen-bond donors (Lipinski definition) is 5. The molecule has 0 aromatic carbocycles. The van der Waals surface area contributed by atoms with E-state index < -0.39 is 39.8 Å². The van der Waals surface area contributed by atoms with Gasteiger partial charge in [0.15, 0.2) is 22.2 Å². The smallest absolute Gasteiger partial charge is 0.362 e. The summed E-state index contributed by atoms with van der Waals surface area (Å²) in [6, 6.07) is -2.69. The lowest BCUT2D eigenvalue weighted by Crippen LogP contribution is -2.73. The second kappa shape index (κ2) is 10.7. The van der Waals surface area contributed by atoms with Gasteiger partial charge < -0.3 is 26.9 Å². The molecular weight excluding hydrogens is 556 g/mol. The summed E-state index contributed by atoms with van der Waals surface area (Å²) in [5.41, 5.74) is 10.7. The van der Waals surface area contributed by atoms with Crippen molar-refractivity contribution in [3.63, 3.8) is 0 Å². The Balaban J connectivity index is 1.54. The molecule has 7 N–H and O–H groups in total. The predicted molar refractivity (Wildman–Crippen MR) is 136 cm³/mol. The molecule has 1 saturated heterocycles. The van der Waals surface area contributed by atoms with Gasteiger partial charge in [-0.3, -0.25) is 18.9 Å². The highest BCUT2D eigenvalue weighted by molar-refractivity contribution is 7.84. The number of rotatable bonds is 13. The number of thiazole rings is 1. The Morgan fingerprint density at radius 3 is 2.69 bits per heavy atom. The van der Waals surface area contributed by atoms with Crippen LogP contribution in [0.2, 0.25) is 0 Å². The Bertz CT molecular complexity index is 1450. The third kappa shape index (κ3) is 6.05. The van der Waals surface area contributed by atoms with Crippen LogP contribution >= 0.6 is 11.3 Å². The fourth-order valence-corrected chi connectivity index (χ4v) is 5.08. The van der Waals surface area contributed by atoms with E-state index in [1.165, 1.54) is 18.5 Å². The number of ketones is 1. The third-order valence-electron chi connectivity index (χ3n) is 6.04. The summed E-state index contributed by atoms with van der Waals surface area (Å²) in [5, 5.41) is 19.0. The Kier molecular flexibility index (Phi) is 7.68. The van der Waals surface area contributed by atoms with Crippen molar-refractivity contribution >= 4 is 50.1 Å². The first-order chi connectivity index (χ1) is 18.3. The largest absolute Gasteiger partial charge is 0.382 e. The number of aromatic nitrogens is 4. The van der Waals surface area contributed by atoms with E-state index in [-0.39, 0.29) is 46.3 Å². The zero-order valence-electron chi connectivity index (χ0n) is 20.6. The van der Waals surface area contributed by atoms with Crippen molar-refractivity contribution in [3.8, 4) is 0 Å². The molecule has 1 saturated carbocycles. The van der Waals surface area contributed by atoms with E-state index in [2.05, 4.69) is 37.5 Å². The van der Waals surface area contributed by atoms with Crippen LogP contribution in [0, 0.1) is 0 Å². The van der Waals surface area contributed by atoms with Gasteiger partial charge in [-0.25, -0.2) is 9.29 Å².